The van der Waals surface area contributed by atoms with Crippen LogP contribution in [0.1, 0.15) is 29.8 Å². The van der Waals surface area contributed by atoms with Crippen molar-refractivity contribution in [2.75, 3.05) is 31.6 Å². The fraction of sp³-hybridized carbons (Fsp3) is 0.333. The van der Waals surface area contributed by atoms with Crippen LogP contribution in [0.25, 0.3) is 0 Å². The summed E-state index contributed by atoms with van der Waals surface area (Å²) < 4.78 is 13.7. The zero-order valence-corrected chi connectivity index (χ0v) is 16.6. The summed E-state index contributed by atoms with van der Waals surface area (Å²) in [6.45, 7) is 6.41. The molecule has 0 aliphatic carbocycles. The molecule has 0 aliphatic rings. The quantitative estimate of drug-likeness (QED) is 0.596. The molecule has 0 spiro atoms. The van der Waals surface area contributed by atoms with Crippen LogP contribution < -0.4 is 20.7 Å². The second-order valence-corrected chi connectivity index (χ2v) is 6.62. The van der Waals surface area contributed by atoms with Gasteiger partial charge in [0.15, 0.2) is 6.54 Å². The number of nitrogens with zero attached hydrogens (tertiary/aromatic N) is 1. The van der Waals surface area contributed by atoms with E-state index in [4.69, 9.17) is 0 Å². The van der Waals surface area contributed by atoms with Crippen molar-refractivity contribution in [1.29, 1.82) is 0 Å². The van der Waals surface area contributed by atoms with Crippen LogP contribution in [0, 0.1) is 5.82 Å². The maximum absolute atomic E-state index is 13.7. The molecule has 7 heteroatoms. The second-order valence-electron chi connectivity index (χ2n) is 6.62. The summed E-state index contributed by atoms with van der Waals surface area (Å²) in [6, 6.07) is 13.7. The smallest absolute Gasteiger partial charge is 0.293 e. The van der Waals surface area contributed by atoms with E-state index in [1.54, 1.807) is 37.4 Å². The Morgan fingerprint density at radius 2 is 1.64 bits per heavy atom. The number of anilines is 1. The highest BCUT2D eigenvalue weighted by atomic mass is 19.1. The molecule has 0 saturated heterocycles. The fourth-order valence-corrected chi connectivity index (χ4v) is 2.96. The van der Waals surface area contributed by atoms with Gasteiger partial charge in [0, 0.05) is 29.9 Å². The van der Waals surface area contributed by atoms with Crippen LogP contribution in [0.3, 0.4) is 0 Å². The molecule has 6 nitrogen and oxygen atoms in total. The fourth-order valence-electron chi connectivity index (χ4n) is 2.96. The number of carbonyl (C=O) groups is 2. The zero-order valence-electron chi connectivity index (χ0n) is 16.6. The van der Waals surface area contributed by atoms with Gasteiger partial charge < -0.3 is 9.80 Å². The number of hydrazine groups is 1. The first kappa shape index (κ1) is 21.4. The van der Waals surface area contributed by atoms with Gasteiger partial charge >= 0.3 is 0 Å². The standard InChI is InChI=1S/C21H27FN4O2/c1-4-26(5-2)18-12-10-16(11-13-18)21(28)24-23-20(27)15-25(3)14-17-8-6-7-9-19(17)22/h6-13H,4-5,14-15H2,1-3H3,(H,23,27)(H,24,28)/p+1. The van der Waals surface area contributed by atoms with E-state index in [2.05, 4.69) is 29.6 Å². The Bertz CT molecular complexity index is 791. The molecule has 0 fully saturated rings. The van der Waals surface area contributed by atoms with Gasteiger partial charge in [-0.05, 0) is 44.2 Å². The van der Waals surface area contributed by atoms with E-state index < -0.39 is 0 Å². The Morgan fingerprint density at radius 1 is 1.00 bits per heavy atom. The third kappa shape index (κ3) is 6.06. The largest absolute Gasteiger partial charge is 0.372 e. The van der Waals surface area contributed by atoms with Crippen molar-refractivity contribution in [3.63, 3.8) is 0 Å². The number of rotatable bonds is 8. The molecule has 0 bridgehead atoms. The molecule has 1 unspecified atom stereocenters. The molecule has 1 atom stereocenters. The van der Waals surface area contributed by atoms with Gasteiger partial charge in [-0.25, -0.2) is 4.39 Å². The normalized spacial score (nSPS) is 11.6. The average molecular weight is 387 g/mol. The van der Waals surface area contributed by atoms with E-state index in [0.717, 1.165) is 23.7 Å². The van der Waals surface area contributed by atoms with E-state index in [1.807, 2.05) is 12.1 Å². The molecule has 2 amide bonds. The lowest BCUT2D eigenvalue weighted by Gasteiger charge is -2.21. The maximum atomic E-state index is 13.7. The van der Waals surface area contributed by atoms with Gasteiger partial charge in [0.2, 0.25) is 0 Å². The monoisotopic (exact) mass is 387 g/mol. The summed E-state index contributed by atoms with van der Waals surface area (Å²) in [5, 5.41) is 0. The summed E-state index contributed by atoms with van der Waals surface area (Å²) in [4.78, 5) is 27.2. The number of amides is 2. The first-order valence-electron chi connectivity index (χ1n) is 9.43. The third-order valence-electron chi connectivity index (χ3n) is 4.49. The lowest BCUT2D eigenvalue weighted by molar-refractivity contribution is -0.885. The second kappa shape index (κ2) is 10.4. The summed E-state index contributed by atoms with van der Waals surface area (Å²) in [5.41, 5.74) is 6.88. The Kier molecular flexibility index (Phi) is 7.95. The molecule has 0 radical (unpaired) electrons. The SMILES string of the molecule is CCN(CC)c1ccc(C(=O)NNC(=O)C[NH+](C)Cc2ccccc2F)cc1. The molecule has 0 aromatic heterocycles. The van der Waals surface area contributed by atoms with E-state index in [9.17, 15) is 14.0 Å². The van der Waals surface area contributed by atoms with Crippen molar-refractivity contribution in [1.82, 2.24) is 10.9 Å². The van der Waals surface area contributed by atoms with Crippen LogP contribution >= 0.6 is 0 Å². The zero-order chi connectivity index (χ0) is 20.5. The summed E-state index contributed by atoms with van der Waals surface area (Å²) in [5.74, 6) is -1.02. The van der Waals surface area contributed by atoms with Crippen LogP contribution in [0.5, 0.6) is 0 Å². The van der Waals surface area contributed by atoms with Crippen molar-refractivity contribution in [2.45, 2.75) is 20.4 Å². The number of nitrogens with one attached hydrogen (secondary N) is 3. The summed E-state index contributed by atoms with van der Waals surface area (Å²) in [6.07, 6.45) is 0. The molecule has 2 aromatic carbocycles. The average Bonchev–Trinajstić information content (AvgIpc) is 2.69. The van der Waals surface area contributed by atoms with E-state index >= 15 is 0 Å². The Morgan fingerprint density at radius 3 is 2.25 bits per heavy atom. The van der Waals surface area contributed by atoms with E-state index in [-0.39, 0.29) is 24.2 Å². The Balaban J connectivity index is 1.81. The minimum atomic E-state index is -0.383. The first-order valence-corrected chi connectivity index (χ1v) is 9.43. The number of carbonyl (C=O) groups excluding carboxylic acids is 2. The molecule has 2 rings (SSSR count). The minimum Gasteiger partial charge on any atom is -0.372 e. The maximum Gasteiger partial charge on any atom is 0.293 e. The van der Waals surface area contributed by atoms with Gasteiger partial charge in [-0.2, -0.15) is 0 Å². The van der Waals surface area contributed by atoms with Crippen molar-refractivity contribution in [2.24, 2.45) is 0 Å². The molecular weight excluding hydrogens is 359 g/mol. The van der Waals surface area contributed by atoms with Crippen LogP contribution in [-0.4, -0.2) is 38.5 Å². The highest BCUT2D eigenvalue weighted by Gasteiger charge is 2.14. The highest BCUT2D eigenvalue weighted by molar-refractivity contribution is 5.95. The van der Waals surface area contributed by atoms with E-state index in [0.29, 0.717) is 17.7 Å². The minimum absolute atomic E-state index is 0.107. The molecule has 28 heavy (non-hydrogen) atoms. The summed E-state index contributed by atoms with van der Waals surface area (Å²) >= 11 is 0. The van der Waals surface area contributed by atoms with Crippen molar-refractivity contribution < 1.29 is 18.9 Å². The number of quaternary nitrogens is 1. The van der Waals surface area contributed by atoms with Crippen LogP contribution in [0.15, 0.2) is 48.5 Å². The highest BCUT2D eigenvalue weighted by Crippen LogP contribution is 2.14. The number of hydrogen-bond donors (Lipinski definition) is 3. The predicted molar refractivity (Wildman–Crippen MR) is 107 cm³/mol. The van der Waals surface area contributed by atoms with Gasteiger partial charge in [-0.1, -0.05) is 18.2 Å². The third-order valence-corrected chi connectivity index (χ3v) is 4.49. The van der Waals surface area contributed by atoms with Crippen LogP contribution in [0.2, 0.25) is 0 Å². The molecule has 0 heterocycles. The molecule has 0 saturated carbocycles. The van der Waals surface area contributed by atoms with Crippen LogP contribution in [-0.2, 0) is 11.3 Å². The number of hydrogen-bond acceptors (Lipinski definition) is 3. The predicted octanol–water partition coefficient (Wildman–Crippen LogP) is 1.15. The first-order chi connectivity index (χ1) is 13.4. The number of benzene rings is 2. The molecule has 3 N–H and O–H groups in total. The number of likely N-dealkylation sites (N-methyl/N-ethyl adjacent to an activating group) is 1. The van der Waals surface area contributed by atoms with Crippen molar-refractivity contribution >= 4 is 17.5 Å². The molecule has 2 aromatic rings. The van der Waals surface area contributed by atoms with Crippen LogP contribution in [0.4, 0.5) is 10.1 Å². The van der Waals surface area contributed by atoms with Gasteiger partial charge in [-0.3, -0.25) is 20.4 Å². The van der Waals surface area contributed by atoms with E-state index in [1.165, 1.54) is 6.07 Å². The molecular formula is C21H28FN4O2+. The topological polar surface area (TPSA) is 65.9 Å². The van der Waals surface area contributed by atoms with Gasteiger partial charge in [0.1, 0.15) is 12.4 Å². The van der Waals surface area contributed by atoms with Gasteiger partial charge in [0.05, 0.1) is 7.05 Å². The Labute approximate surface area is 165 Å². The molecule has 0 aliphatic heterocycles. The number of halogens is 1. The Hall–Kier alpha value is -2.93. The lowest BCUT2D eigenvalue weighted by atomic mass is 10.2. The van der Waals surface area contributed by atoms with Gasteiger partial charge in [0.25, 0.3) is 11.8 Å². The molecule has 150 valence electrons. The lowest BCUT2D eigenvalue weighted by Crippen LogP contribution is -3.09. The summed E-state index contributed by atoms with van der Waals surface area (Å²) in [7, 11) is 1.79. The van der Waals surface area contributed by atoms with Crippen molar-refractivity contribution in [3.05, 3.63) is 65.5 Å². The van der Waals surface area contributed by atoms with Gasteiger partial charge in [-0.15, -0.1) is 0 Å². The van der Waals surface area contributed by atoms with Crippen molar-refractivity contribution in [3.8, 4) is 0 Å².